The fraction of sp³-hybridized carbons (Fsp3) is 0.417. The highest BCUT2D eigenvalue weighted by atomic mass is 32.2. The van der Waals surface area contributed by atoms with Crippen molar-refractivity contribution in [3.63, 3.8) is 0 Å². The van der Waals surface area contributed by atoms with Crippen molar-refractivity contribution in [2.24, 2.45) is 7.05 Å². The molecule has 1 unspecified atom stereocenters. The molecule has 0 aliphatic heterocycles. The molecule has 3 N–H and O–H groups in total. The van der Waals surface area contributed by atoms with Crippen LogP contribution < -0.4 is 10.5 Å². The smallest absolute Gasteiger partial charge is 0.246 e. The molecule has 20 heavy (non-hydrogen) atoms. The first-order chi connectivity index (χ1) is 9.31. The molecule has 0 aliphatic carbocycles. The number of anilines is 1. The van der Waals surface area contributed by atoms with Crippen molar-refractivity contribution in [2.75, 3.05) is 5.73 Å². The van der Waals surface area contributed by atoms with Gasteiger partial charge in [-0.15, -0.1) is 0 Å². The maximum absolute atomic E-state index is 12.4. The zero-order chi connectivity index (χ0) is 14.9. The highest BCUT2D eigenvalue weighted by Gasteiger charge is 2.26. The van der Waals surface area contributed by atoms with Crippen molar-refractivity contribution in [3.05, 3.63) is 28.1 Å². The summed E-state index contributed by atoms with van der Waals surface area (Å²) in [6.07, 6.45) is 0.641. The number of hydrogen-bond donors (Lipinski definition) is 2. The van der Waals surface area contributed by atoms with Gasteiger partial charge in [-0.2, -0.15) is 16.4 Å². The molecular formula is C12H18N4O2S2. The van der Waals surface area contributed by atoms with Crippen molar-refractivity contribution in [1.29, 1.82) is 0 Å². The molecule has 0 saturated heterocycles. The summed E-state index contributed by atoms with van der Waals surface area (Å²) >= 11 is 1.59. The second kappa shape index (κ2) is 5.55. The van der Waals surface area contributed by atoms with Crippen molar-refractivity contribution >= 4 is 27.2 Å². The Kier molecular flexibility index (Phi) is 4.17. The Morgan fingerprint density at radius 1 is 1.55 bits per heavy atom. The van der Waals surface area contributed by atoms with Crippen LogP contribution in [-0.2, 0) is 23.5 Å². The van der Waals surface area contributed by atoms with Crippen LogP contribution in [-0.4, -0.2) is 24.2 Å². The third kappa shape index (κ3) is 3.02. The van der Waals surface area contributed by atoms with Crippen LogP contribution in [0, 0.1) is 6.92 Å². The van der Waals surface area contributed by atoms with Crippen molar-refractivity contribution < 1.29 is 8.42 Å². The summed E-state index contributed by atoms with van der Waals surface area (Å²) in [5, 5.41) is 7.92. The standard InChI is InChI=1S/C12H18N4O2S2/c1-8(6-10-4-5-19-7-10)15-20(17,18)11-9(2)16(3)14-12(11)13/h4-5,7-8,15H,6H2,1-3H3,(H2,13,14). The molecule has 0 saturated carbocycles. The molecule has 0 bridgehead atoms. The molecule has 6 nitrogen and oxygen atoms in total. The van der Waals surface area contributed by atoms with Gasteiger partial charge < -0.3 is 5.73 Å². The van der Waals surface area contributed by atoms with E-state index in [1.54, 1.807) is 25.3 Å². The minimum absolute atomic E-state index is 0.0280. The lowest BCUT2D eigenvalue weighted by Crippen LogP contribution is -2.34. The lowest BCUT2D eigenvalue weighted by Gasteiger charge is -2.13. The number of aromatic nitrogens is 2. The summed E-state index contributed by atoms with van der Waals surface area (Å²) in [6, 6.07) is 1.77. The number of nitrogens with two attached hydrogens (primary N) is 1. The normalized spacial score (nSPS) is 13.6. The Morgan fingerprint density at radius 2 is 2.25 bits per heavy atom. The Balaban J connectivity index is 2.19. The van der Waals surface area contributed by atoms with Gasteiger partial charge >= 0.3 is 0 Å². The number of rotatable bonds is 5. The van der Waals surface area contributed by atoms with E-state index in [2.05, 4.69) is 9.82 Å². The first-order valence-electron chi connectivity index (χ1n) is 6.13. The van der Waals surface area contributed by atoms with Gasteiger partial charge in [-0.3, -0.25) is 4.68 Å². The van der Waals surface area contributed by atoms with Crippen molar-refractivity contribution in [3.8, 4) is 0 Å². The zero-order valence-electron chi connectivity index (χ0n) is 11.6. The summed E-state index contributed by atoms with van der Waals surface area (Å²) in [5.74, 6) is 0.0280. The van der Waals surface area contributed by atoms with Crippen LogP contribution in [0.1, 0.15) is 18.2 Å². The molecule has 0 radical (unpaired) electrons. The van der Waals surface area contributed by atoms with Gasteiger partial charge in [-0.1, -0.05) is 0 Å². The van der Waals surface area contributed by atoms with Crippen LogP contribution in [0.5, 0.6) is 0 Å². The van der Waals surface area contributed by atoms with E-state index in [1.807, 2.05) is 23.8 Å². The fourth-order valence-corrected chi connectivity index (χ4v) is 4.32. The molecule has 2 aromatic rings. The van der Waals surface area contributed by atoms with E-state index in [4.69, 9.17) is 5.73 Å². The van der Waals surface area contributed by atoms with Gasteiger partial charge in [-0.05, 0) is 42.7 Å². The minimum atomic E-state index is -3.66. The molecule has 0 aromatic carbocycles. The first kappa shape index (κ1) is 15.0. The Labute approximate surface area is 122 Å². The van der Waals surface area contributed by atoms with Gasteiger partial charge in [0.05, 0.1) is 5.69 Å². The van der Waals surface area contributed by atoms with E-state index in [9.17, 15) is 8.42 Å². The van der Waals surface area contributed by atoms with Gasteiger partial charge in [0, 0.05) is 13.1 Å². The molecule has 0 spiro atoms. The SMILES string of the molecule is Cc1c(S(=O)(=O)NC(C)Cc2ccsc2)c(N)nn1C. The van der Waals surface area contributed by atoms with Gasteiger partial charge in [0.15, 0.2) is 5.82 Å². The Morgan fingerprint density at radius 3 is 2.75 bits per heavy atom. The summed E-state index contributed by atoms with van der Waals surface area (Å²) in [5.41, 5.74) is 7.33. The molecule has 2 heterocycles. The van der Waals surface area contributed by atoms with Crippen LogP contribution in [0.2, 0.25) is 0 Å². The van der Waals surface area contributed by atoms with Crippen molar-refractivity contribution in [1.82, 2.24) is 14.5 Å². The van der Waals surface area contributed by atoms with E-state index in [0.29, 0.717) is 12.1 Å². The van der Waals surface area contributed by atoms with E-state index >= 15 is 0 Å². The second-order valence-corrected chi connectivity index (χ2v) is 7.21. The zero-order valence-corrected chi connectivity index (χ0v) is 13.3. The topological polar surface area (TPSA) is 90.0 Å². The average Bonchev–Trinajstić information content (AvgIpc) is 2.87. The predicted octanol–water partition coefficient (Wildman–Crippen LogP) is 1.28. The van der Waals surface area contributed by atoms with Gasteiger partial charge in [0.25, 0.3) is 0 Å². The van der Waals surface area contributed by atoms with Gasteiger partial charge in [0.1, 0.15) is 4.90 Å². The molecule has 0 amide bonds. The molecule has 8 heteroatoms. The third-order valence-corrected chi connectivity index (χ3v) is 5.54. The second-order valence-electron chi connectivity index (χ2n) is 4.78. The summed E-state index contributed by atoms with van der Waals surface area (Å²) < 4.78 is 28.9. The average molecular weight is 314 g/mol. The number of aryl methyl sites for hydroxylation is 1. The molecule has 2 aromatic heterocycles. The van der Waals surface area contributed by atoms with E-state index < -0.39 is 10.0 Å². The van der Waals surface area contributed by atoms with Gasteiger partial charge in [-0.25, -0.2) is 13.1 Å². The summed E-state index contributed by atoms with van der Waals surface area (Å²) in [6.45, 7) is 3.51. The van der Waals surface area contributed by atoms with E-state index in [0.717, 1.165) is 5.56 Å². The fourth-order valence-electron chi connectivity index (χ4n) is 2.07. The number of nitrogens with one attached hydrogen (secondary N) is 1. The van der Waals surface area contributed by atoms with Crippen LogP contribution in [0.4, 0.5) is 5.82 Å². The lowest BCUT2D eigenvalue weighted by atomic mass is 10.1. The molecule has 110 valence electrons. The molecule has 2 rings (SSSR count). The summed E-state index contributed by atoms with van der Waals surface area (Å²) in [7, 11) is -1.99. The summed E-state index contributed by atoms with van der Waals surface area (Å²) in [4.78, 5) is 0.0668. The molecule has 0 aliphatic rings. The molecule has 0 fully saturated rings. The Bertz CT molecular complexity index is 689. The Hall–Kier alpha value is -1.38. The van der Waals surface area contributed by atoms with E-state index in [-0.39, 0.29) is 16.8 Å². The molecular weight excluding hydrogens is 296 g/mol. The largest absolute Gasteiger partial charge is 0.381 e. The highest BCUT2D eigenvalue weighted by Crippen LogP contribution is 2.21. The molecule has 1 atom stereocenters. The van der Waals surface area contributed by atoms with Crippen molar-refractivity contribution in [2.45, 2.75) is 31.2 Å². The maximum Gasteiger partial charge on any atom is 0.246 e. The highest BCUT2D eigenvalue weighted by molar-refractivity contribution is 7.89. The van der Waals surface area contributed by atoms with Crippen LogP contribution >= 0.6 is 11.3 Å². The predicted molar refractivity (Wildman–Crippen MR) is 80.2 cm³/mol. The van der Waals surface area contributed by atoms with Crippen LogP contribution in [0.3, 0.4) is 0 Å². The maximum atomic E-state index is 12.4. The number of nitrogen functional groups attached to an aromatic ring is 1. The number of sulfonamides is 1. The number of thiophene rings is 1. The van der Waals surface area contributed by atoms with Crippen LogP contribution in [0.15, 0.2) is 21.7 Å². The number of nitrogens with zero attached hydrogens (tertiary/aromatic N) is 2. The minimum Gasteiger partial charge on any atom is -0.381 e. The number of hydrogen-bond acceptors (Lipinski definition) is 5. The van der Waals surface area contributed by atoms with Gasteiger partial charge in [0.2, 0.25) is 10.0 Å². The van der Waals surface area contributed by atoms with E-state index in [1.165, 1.54) is 4.68 Å². The lowest BCUT2D eigenvalue weighted by molar-refractivity contribution is 0.559. The quantitative estimate of drug-likeness (QED) is 0.870. The first-order valence-corrected chi connectivity index (χ1v) is 8.56. The third-order valence-electron chi connectivity index (χ3n) is 3.05. The van der Waals surface area contributed by atoms with Crippen LogP contribution in [0.25, 0.3) is 0 Å². The monoisotopic (exact) mass is 314 g/mol.